The standard InChI is InChI=1S/C15H19N3O2/c1-4-19-11-5-7-12(8-6-11)20-14-9-13(16)17-15(18-14)10(2)3/h5-10H,4H2,1-3H3,(H2,16,17,18). The maximum Gasteiger partial charge on any atom is 0.224 e. The Morgan fingerprint density at radius 1 is 1.10 bits per heavy atom. The van der Waals surface area contributed by atoms with Crippen LogP contribution in [0.5, 0.6) is 17.4 Å². The smallest absolute Gasteiger partial charge is 0.224 e. The van der Waals surface area contributed by atoms with Crippen LogP contribution in [0.3, 0.4) is 0 Å². The molecule has 0 aliphatic carbocycles. The number of hydrogen-bond acceptors (Lipinski definition) is 5. The summed E-state index contributed by atoms with van der Waals surface area (Å²) in [6.45, 7) is 6.60. The van der Waals surface area contributed by atoms with Crippen molar-refractivity contribution in [2.75, 3.05) is 12.3 Å². The summed E-state index contributed by atoms with van der Waals surface area (Å²) in [5, 5.41) is 0. The number of benzene rings is 1. The molecule has 0 radical (unpaired) electrons. The maximum absolute atomic E-state index is 5.76. The predicted octanol–water partition coefficient (Wildman–Crippen LogP) is 3.37. The lowest BCUT2D eigenvalue weighted by atomic mass is 10.2. The van der Waals surface area contributed by atoms with E-state index in [1.54, 1.807) is 6.07 Å². The van der Waals surface area contributed by atoms with Gasteiger partial charge in [0.25, 0.3) is 0 Å². The lowest BCUT2D eigenvalue weighted by molar-refractivity contribution is 0.339. The van der Waals surface area contributed by atoms with Crippen molar-refractivity contribution in [3.05, 3.63) is 36.2 Å². The molecule has 0 saturated heterocycles. The first kappa shape index (κ1) is 14.1. The summed E-state index contributed by atoms with van der Waals surface area (Å²) in [5.41, 5.74) is 5.76. The van der Waals surface area contributed by atoms with Crippen molar-refractivity contribution in [1.29, 1.82) is 0 Å². The van der Waals surface area contributed by atoms with Crippen LogP contribution in [-0.2, 0) is 0 Å². The Hall–Kier alpha value is -2.30. The average molecular weight is 273 g/mol. The minimum absolute atomic E-state index is 0.196. The van der Waals surface area contributed by atoms with Gasteiger partial charge in [0.1, 0.15) is 23.1 Å². The molecule has 2 aromatic rings. The predicted molar refractivity (Wildman–Crippen MR) is 78.2 cm³/mol. The summed E-state index contributed by atoms with van der Waals surface area (Å²) in [4.78, 5) is 8.52. The number of anilines is 1. The van der Waals surface area contributed by atoms with Crippen LogP contribution in [0.15, 0.2) is 30.3 Å². The summed E-state index contributed by atoms with van der Waals surface area (Å²) < 4.78 is 11.1. The molecule has 1 heterocycles. The zero-order valence-electron chi connectivity index (χ0n) is 12.0. The van der Waals surface area contributed by atoms with E-state index in [-0.39, 0.29) is 5.92 Å². The number of hydrogen-bond donors (Lipinski definition) is 1. The van der Waals surface area contributed by atoms with Gasteiger partial charge in [-0.1, -0.05) is 13.8 Å². The summed E-state index contributed by atoms with van der Waals surface area (Å²) in [5.74, 6) is 3.22. The molecule has 5 nitrogen and oxygen atoms in total. The van der Waals surface area contributed by atoms with E-state index in [1.807, 2.05) is 45.0 Å². The van der Waals surface area contributed by atoms with Crippen molar-refractivity contribution in [3.63, 3.8) is 0 Å². The fourth-order valence-corrected chi connectivity index (χ4v) is 1.66. The third-order valence-electron chi connectivity index (χ3n) is 2.61. The second-order valence-corrected chi connectivity index (χ2v) is 4.65. The van der Waals surface area contributed by atoms with E-state index in [9.17, 15) is 0 Å². The van der Waals surface area contributed by atoms with E-state index < -0.39 is 0 Å². The Balaban J connectivity index is 2.16. The lowest BCUT2D eigenvalue weighted by Crippen LogP contribution is -2.03. The molecule has 0 amide bonds. The van der Waals surface area contributed by atoms with E-state index in [0.717, 1.165) is 5.75 Å². The van der Waals surface area contributed by atoms with E-state index in [0.29, 0.717) is 29.9 Å². The van der Waals surface area contributed by atoms with Gasteiger partial charge in [-0.25, -0.2) is 4.98 Å². The molecule has 0 bridgehead atoms. The second-order valence-electron chi connectivity index (χ2n) is 4.65. The molecule has 1 aromatic carbocycles. The van der Waals surface area contributed by atoms with Gasteiger partial charge in [-0.05, 0) is 31.2 Å². The lowest BCUT2D eigenvalue weighted by Gasteiger charge is -2.10. The minimum atomic E-state index is 0.196. The summed E-state index contributed by atoms with van der Waals surface area (Å²) in [6, 6.07) is 8.98. The Bertz CT molecular complexity index is 568. The topological polar surface area (TPSA) is 70.3 Å². The summed E-state index contributed by atoms with van der Waals surface area (Å²) >= 11 is 0. The highest BCUT2D eigenvalue weighted by Crippen LogP contribution is 2.24. The SMILES string of the molecule is CCOc1ccc(Oc2cc(N)nc(C(C)C)n2)cc1. The fraction of sp³-hybridized carbons (Fsp3) is 0.333. The van der Waals surface area contributed by atoms with Crippen molar-refractivity contribution in [2.45, 2.75) is 26.7 Å². The molecule has 0 aliphatic rings. The second kappa shape index (κ2) is 6.23. The highest BCUT2D eigenvalue weighted by molar-refractivity contribution is 5.37. The quantitative estimate of drug-likeness (QED) is 0.904. The number of nitrogen functional groups attached to an aromatic ring is 1. The molecule has 0 atom stereocenters. The number of nitrogens with two attached hydrogens (primary N) is 1. The van der Waals surface area contributed by atoms with Gasteiger partial charge in [0.05, 0.1) is 6.61 Å². The third-order valence-corrected chi connectivity index (χ3v) is 2.61. The van der Waals surface area contributed by atoms with Gasteiger partial charge in [0, 0.05) is 12.0 Å². The van der Waals surface area contributed by atoms with Gasteiger partial charge < -0.3 is 15.2 Å². The van der Waals surface area contributed by atoms with Crippen molar-refractivity contribution < 1.29 is 9.47 Å². The van der Waals surface area contributed by atoms with E-state index >= 15 is 0 Å². The van der Waals surface area contributed by atoms with Crippen LogP contribution >= 0.6 is 0 Å². The van der Waals surface area contributed by atoms with Crippen molar-refractivity contribution in [3.8, 4) is 17.4 Å². The van der Waals surface area contributed by atoms with E-state index in [2.05, 4.69) is 9.97 Å². The zero-order chi connectivity index (χ0) is 14.5. The highest BCUT2D eigenvalue weighted by Gasteiger charge is 2.08. The van der Waals surface area contributed by atoms with Crippen LogP contribution in [0, 0.1) is 0 Å². The van der Waals surface area contributed by atoms with Crippen LogP contribution in [0.25, 0.3) is 0 Å². The molecule has 106 valence electrons. The molecular weight excluding hydrogens is 254 g/mol. The Morgan fingerprint density at radius 2 is 1.75 bits per heavy atom. The Morgan fingerprint density at radius 3 is 2.35 bits per heavy atom. The van der Waals surface area contributed by atoms with Gasteiger partial charge in [-0.3, -0.25) is 0 Å². The number of aromatic nitrogens is 2. The molecular formula is C15H19N3O2. The molecule has 20 heavy (non-hydrogen) atoms. The molecule has 5 heteroatoms. The van der Waals surface area contributed by atoms with Crippen LogP contribution in [0.2, 0.25) is 0 Å². The average Bonchev–Trinajstić information content (AvgIpc) is 2.40. The minimum Gasteiger partial charge on any atom is -0.494 e. The molecule has 0 saturated carbocycles. The van der Waals surface area contributed by atoms with Gasteiger partial charge in [0.2, 0.25) is 5.88 Å². The first-order valence-electron chi connectivity index (χ1n) is 6.63. The van der Waals surface area contributed by atoms with Crippen molar-refractivity contribution in [2.24, 2.45) is 0 Å². The summed E-state index contributed by atoms with van der Waals surface area (Å²) in [7, 11) is 0. The Kier molecular flexibility index (Phi) is 4.40. The monoisotopic (exact) mass is 273 g/mol. The van der Waals surface area contributed by atoms with Gasteiger partial charge >= 0.3 is 0 Å². The normalized spacial score (nSPS) is 10.6. The van der Waals surface area contributed by atoms with Crippen LogP contribution < -0.4 is 15.2 Å². The van der Waals surface area contributed by atoms with Crippen LogP contribution in [0.1, 0.15) is 32.5 Å². The maximum atomic E-state index is 5.76. The molecule has 0 unspecified atom stereocenters. The first-order valence-corrected chi connectivity index (χ1v) is 6.63. The molecule has 0 spiro atoms. The number of ether oxygens (including phenoxy) is 2. The van der Waals surface area contributed by atoms with Crippen molar-refractivity contribution >= 4 is 5.82 Å². The van der Waals surface area contributed by atoms with E-state index in [1.165, 1.54) is 0 Å². The number of nitrogens with zero attached hydrogens (tertiary/aromatic N) is 2. The summed E-state index contributed by atoms with van der Waals surface area (Å²) in [6.07, 6.45) is 0. The zero-order valence-corrected chi connectivity index (χ0v) is 12.0. The largest absolute Gasteiger partial charge is 0.494 e. The fourth-order valence-electron chi connectivity index (χ4n) is 1.66. The molecule has 0 fully saturated rings. The first-order chi connectivity index (χ1) is 9.58. The van der Waals surface area contributed by atoms with Crippen LogP contribution in [0.4, 0.5) is 5.82 Å². The van der Waals surface area contributed by atoms with E-state index in [4.69, 9.17) is 15.2 Å². The Labute approximate surface area is 118 Å². The van der Waals surface area contributed by atoms with Crippen LogP contribution in [-0.4, -0.2) is 16.6 Å². The third kappa shape index (κ3) is 3.60. The highest BCUT2D eigenvalue weighted by atomic mass is 16.5. The van der Waals surface area contributed by atoms with Crippen molar-refractivity contribution in [1.82, 2.24) is 9.97 Å². The molecule has 2 rings (SSSR count). The molecule has 0 aliphatic heterocycles. The molecule has 2 N–H and O–H groups in total. The van der Waals surface area contributed by atoms with Gasteiger partial charge in [-0.15, -0.1) is 0 Å². The molecule has 1 aromatic heterocycles. The van der Waals surface area contributed by atoms with Gasteiger partial charge in [-0.2, -0.15) is 4.98 Å². The van der Waals surface area contributed by atoms with Gasteiger partial charge in [0.15, 0.2) is 0 Å². The number of rotatable bonds is 5.